The lowest BCUT2D eigenvalue weighted by Crippen LogP contribution is -2.55. The van der Waals surface area contributed by atoms with Gasteiger partial charge >= 0.3 is 5.97 Å². The van der Waals surface area contributed by atoms with E-state index in [-0.39, 0.29) is 0 Å². The number of hydrogen-bond donors (Lipinski definition) is 1. The molecule has 0 aliphatic heterocycles. The molecule has 0 aromatic carbocycles. The van der Waals surface area contributed by atoms with E-state index in [4.69, 9.17) is 5.11 Å². The quantitative estimate of drug-likeness (QED) is 0.542. The van der Waals surface area contributed by atoms with Crippen molar-refractivity contribution in [2.24, 2.45) is 52.3 Å². The standard InChI is InChI=1S/C26H44O2/c1-5-18-16-19-22-11-10-20(17(2)9-12-24(27)28)26(22,4)15-13-23(19)25(3)14-7-6-8-21(18)25/h17-23H,5-16H2,1-4H3,(H,27,28)/t17-,18+,19+,20?,21+,22?,23+,25+,26-/m1/s1. The number of carboxylic acid groups (broad SMARTS) is 1. The lowest BCUT2D eigenvalue weighted by molar-refractivity contribution is -0.140. The second kappa shape index (κ2) is 7.62. The smallest absolute Gasteiger partial charge is 0.303 e. The molecule has 4 fully saturated rings. The fraction of sp³-hybridized carbons (Fsp3) is 0.962. The summed E-state index contributed by atoms with van der Waals surface area (Å²) in [5.74, 6) is 5.44. The predicted molar refractivity (Wildman–Crippen MR) is 115 cm³/mol. The maximum Gasteiger partial charge on any atom is 0.303 e. The molecule has 4 aliphatic carbocycles. The van der Waals surface area contributed by atoms with Crippen LogP contribution in [0.1, 0.15) is 105 Å². The highest BCUT2D eigenvalue weighted by atomic mass is 16.4. The van der Waals surface area contributed by atoms with Crippen molar-refractivity contribution >= 4 is 5.97 Å². The summed E-state index contributed by atoms with van der Waals surface area (Å²) in [4.78, 5) is 11.1. The lowest BCUT2D eigenvalue weighted by Gasteiger charge is -2.63. The first kappa shape index (κ1) is 20.7. The molecule has 4 rings (SSSR count). The largest absolute Gasteiger partial charge is 0.481 e. The number of carboxylic acids is 1. The summed E-state index contributed by atoms with van der Waals surface area (Å²) in [6.07, 6.45) is 15.6. The Bertz CT molecular complexity index is 585. The zero-order chi connectivity index (χ0) is 20.1. The van der Waals surface area contributed by atoms with Crippen LogP contribution in [0.5, 0.6) is 0 Å². The average Bonchev–Trinajstić information content (AvgIpc) is 3.02. The molecule has 28 heavy (non-hydrogen) atoms. The van der Waals surface area contributed by atoms with Crippen molar-refractivity contribution in [2.45, 2.75) is 105 Å². The van der Waals surface area contributed by atoms with Gasteiger partial charge in [-0.1, -0.05) is 47.0 Å². The summed E-state index contributed by atoms with van der Waals surface area (Å²) in [5, 5.41) is 9.15. The van der Waals surface area contributed by atoms with Crippen LogP contribution in [-0.4, -0.2) is 11.1 Å². The second-order valence-corrected chi connectivity index (χ2v) is 11.8. The van der Waals surface area contributed by atoms with E-state index in [0.717, 1.165) is 41.9 Å². The van der Waals surface area contributed by atoms with E-state index >= 15 is 0 Å². The summed E-state index contributed by atoms with van der Waals surface area (Å²) in [6, 6.07) is 0. The number of fused-ring (bicyclic) bond motifs is 5. The van der Waals surface area contributed by atoms with Crippen molar-refractivity contribution in [3.8, 4) is 0 Å². The summed E-state index contributed by atoms with van der Waals surface area (Å²) in [6.45, 7) is 10.1. The molecule has 1 N–H and O–H groups in total. The van der Waals surface area contributed by atoms with Crippen LogP contribution >= 0.6 is 0 Å². The normalized spacial score (nSPS) is 49.0. The molecule has 0 radical (unpaired) electrons. The average molecular weight is 389 g/mol. The molecule has 0 spiro atoms. The fourth-order valence-electron chi connectivity index (χ4n) is 9.55. The first-order valence-electron chi connectivity index (χ1n) is 12.5. The molecule has 0 bridgehead atoms. The summed E-state index contributed by atoms with van der Waals surface area (Å²) < 4.78 is 0. The van der Waals surface area contributed by atoms with Crippen molar-refractivity contribution in [2.75, 3.05) is 0 Å². The van der Waals surface area contributed by atoms with E-state index in [9.17, 15) is 4.79 Å². The fourth-order valence-corrected chi connectivity index (χ4v) is 9.55. The van der Waals surface area contributed by atoms with Crippen LogP contribution in [-0.2, 0) is 4.79 Å². The van der Waals surface area contributed by atoms with E-state index in [2.05, 4.69) is 27.7 Å². The zero-order valence-electron chi connectivity index (χ0n) is 18.9. The summed E-state index contributed by atoms with van der Waals surface area (Å²) in [5.41, 5.74) is 1.07. The van der Waals surface area contributed by atoms with E-state index in [1.165, 1.54) is 64.2 Å². The van der Waals surface area contributed by atoms with Gasteiger partial charge in [0.15, 0.2) is 0 Å². The predicted octanol–water partition coefficient (Wildman–Crippen LogP) is 7.17. The summed E-state index contributed by atoms with van der Waals surface area (Å²) in [7, 11) is 0. The molecule has 0 heterocycles. The Kier molecular flexibility index (Phi) is 5.64. The van der Waals surface area contributed by atoms with E-state index in [1.54, 1.807) is 0 Å². The van der Waals surface area contributed by atoms with Crippen molar-refractivity contribution in [1.82, 2.24) is 0 Å². The number of hydrogen-bond acceptors (Lipinski definition) is 1. The third-order valence-electron chi connectivity index (χ3n) is 10.9. The van der Waals surface area contributed by atoms with E-state index < -0.39 is 5.97 Å². The van der Waals surface area contributed by atoms with Crippen LogP contribution < -0.4 is 0 Å². The van der Waals surface area contributed by atoms with Gasteiger partial charge in [-0.15, -0.1) is 0 Å². The van der Waals surface area contributed by atoms with Crippen molar-refractivity contribution in [3.63, 3.8) is 0 Å². The van der Waals surface area contributed by atoms with E-state index in [0.29, 0.717) is 23.2 Å². The lowest BCUT2D eigenvalue weighted by atomic mass is 9.42. The van der Waals surface area contributed by atoms with Gasteiger partial charge in [0.2, 0.25) is 0 Å². The summed E-state index contributed by atoms with van der Waals surface area (Å²) >= 11 is 0. The molecule has 4 saturated carbocycles. The minimum atomic E-state index is -0.621. The van der Waals surface area contributed by atoms with Gasteiger partial charge in [0.05, 0.1) is 0 Å². The maximum atomic E-state index is 11.1. The second-order valence-electron chi connectivity index (χ2n) is 11.8. The number of aliphatic carboxylic acids is 1. The molecule has 2 heteroatoms. The van der Waals surface area contributed by atoms with Crippen LogP contribution in [0, 0.1) is 52.3 Å². The molecule has 160 valence electrons. The van der Waals surface area contributed by atoms with Crippen LogP contribution in [0.4, 0.5) is 0 Å². The molecular weight excluding hydrogens is 344 g/mol. The Morgan fingerprint density at radius 1 is 1.00 bits per heavy atom. The van der Waals surface area contributed by atoms with Gasteiger partial charge in [-0.2, -0.15) is 0 Å². The third kappa shape index (κ3) is 3.16. The van der Waals surface area contributed by atoms with Gasteiger partial charge in [-0.3, -0.25) is 4.79 Å². The first-order chi connectivity index (χ1) is 13.3. The van der Waals surface area contributed by atoms with Crippen molar-refractivity contribution in [1.29, 1.82) is 0 Å². The topological polar surface area (TPSA) is 37.3 Å². The highest BCUT2D eigenvalue weighted by molar-refractivity contribution is 5.66. The Labute approximate surface area is 173 Å². The van der Waals surface area contributed by atoms with Crippen LogP contribution in [0.3, 0.4) is 0 Å². The zero-order valence-corrected chi connectivity index (χ0v) is 18.9. The van der Waals surface area contributed by atoms with Crippen molar-refractivity contribution < 1.29 is 9.90 Å². The Hall–Kier alpha value is -0.530. The van der Waals surface area contributed by atoms with Gasteiger partial charge in [0.1, 0.15) is 0 Å². The Morgan fingerprint density at radius 3 is 2.46 bits per heavy atom. The highest BCUT2D eigenvalue weighted by Crippen LogP contribution is 2.69. The SMILES string of the molecule is CC[C@H]1C[C@H]2C3CCC([C@H](C)CCC(=O)O)[C@@]3(C)CC[C@@H]2[C@@]2(C)CCCC[C@@H]12. The minimum Gasteiger partial charge on any atom is -0.481 e. The number of rotatable bonds is 5. The molecule has 0 saturated heterocycles. The third-order valence-corrected chi connectivity index (χ3v) is 10.9. The first-order valence-corrected chi connectivity index (χ1v) is 12.5. The molecular formula is C26H44O2. The molecule has 0 amide bonds. The monoisotopic (exact) mass is 388 g/mol. The van der Waals surface area contributed by atoms with Gasteiger partial charge in [0.25, 0.3) is 0 Å². The highest BCUT2D eigenvalue weighted by Gasteiger charge is 2.61. The number of carbonyl (C=O) groups is 1. The van der Waals surface area contributed by atoms with Crippen molar-refractivity contribution in [3.05, 3.63) is 0 Å². The van der Waals surface area contributed by atoms with Gasteiger partial charge in [-0.25, -0.2) is 0 Å². The van der Waals surface area contributed by atoms with Crippen LogP contribution in [0.15, 0.2) is 0 Å². The van der Waals surface area contributed by atoms with Gasteiger partial charge in [-0.05, 0) is 104 Å². The van der Waals surface area contributed by atoms with Crippen LogP contribution in [0.25, 0.3) is 0 Å². The Morgan fingerprint density at radius 2 is 1.75 bits per heavy atom. The van der Waals surface area contributed by atoms with E-state index in [1.807, 2.05) is 0 Å². The molecule has 0 aromatic heterocycles. The van der Waals surface area contributed by atoms with Gasteiger partial charge in [0, 0.05) is 6.42 Å². The Balaban J connectivity index is 1.56. The van der Waals surface area contributed by atoms with Crippen LogP contribution in [0.2, 0.25) is 0 Å². The van der Waals surface area contributed by atoms with Gasteiger partial charge < -0.3 is 5.11 Å². The molecule has 9 atom stereocenters. The maximum absolute atomic E-state index is 11.1. The molecule has 2 nitrogen and oxygen atoms in total. The molecule has 4 aliphatic rings. The minimum absolute atomic E-state index is 0.349. The molecule has 0 aromatic rings. The molecule has 2 unspecified atom stereocenters.